The number of aliphatic hydroxyl groups is 1. The highest BCUT2D eigenvalue weighted by Crippen LogP contribution is 2.24. The topological polar surface area (TPSA) is 59.1 Å². The van der Waals surface area contributed by atoms with E-state index in [9.17, 15) is 8.78 Å². The minimum absolute atomic E-state index is 0.00694. The fraction of sp³-hybridized carbons (Fsp3) is 0.286. The van der Waals surface area contributed by atoms with Crippen LogP contribution < -0.4 is 5.73 Å². The fourth-order valence-electron chi connectivity index (χ4n) is 0.885. The van der Waals surface area contributed by atoms with Gasteiger partial charge in [-0.1, -0.05) is 0 Å². The summed E-state index contributed by atoms with van der Waals surface area (Å²) in [5.41, 5.74) is 5.04. The number of aliphatic hydroxyl groups excluding tert-OH is 1. The lowest BCUT2D eigenvalue weighted by Crippen LogP contribution is -2.02. The van der Waals surface area contributed by atoms with E-state index in [0.717, 1.165) is 0 Å². The zero-order valence-corrected chi connectivity index (χ0v) is 6.17. The first-order chi connectivity index (χ1) is 5.66. The van der Waals surface area contributed by atoms with Gasteiger partial charge < -0.3 is 10.8 Å². The first kappa shape index (κ1) is 8.86. The third-order valence-corrected chi connectivity index (χ3v) is 1.49. The Morgan fingerprint density at radius 3 is 2.67 bits per heavy atom. The number of rotatable bonds is 2. The molecule has 3 N–H and O–H groups in total. The van der Waals surface area contributed by atoms with Gasteiger partial charge in [-0.05, 0) is 6.07 Å². The molecule has 0 radical (unpaired) electrons. The largest absolute Gasteiger partial charge is 0.398 e. The van der Waals surface area contributed by atoms with Gasteiger partial charge in [0.05, 0.1) is 6.61 Å². The van der Waals surface area contributed by atoms with Gasteiger partial charge in [-0.3, -0.25) is 4.98 Å². The van der Waals surface area contributed by atoms with E-state index in [2.05, 4.69) is 4.98 Å². The van der Waals surface area contributed by atoms with Crippen molar-refractivity contribution >= 4 is 5.69 Å². The molecule has 0 aliphatic heterocycles. The molecule has 3 nitrogen and oxygen atoms in total. The highest BCUT2D eigenvalue weighted by molar-refractivity contribution is 5.47. The maximum atomic E-state index is 12.2. The summed E-state index contributed by atoms with van der Waals surface area (Å²) in [6.45, 7) is -0.515. The Labute approximate surface area is 67.8 Å². The standard InChI is InChI=1S/C7H8F2N2O/c8-7(9)6-4(3-12)5(10)1-2-11-6/h1-2,7,12H,3H2,(H2,10,11). The monoisotopic (exact) mass is 174 g/mol. The molecule has 12 heavy (non-hydrogen) atoms. The molecule has 0 unspecified atom stereocenters. The Kier molecular flexibility index (Phi) is 2.54. The number of nitrogen functional groups attached to an aromatic ring is 1. The molecule has 0 bridgehead atoms. The van der Waals surface area contributed by atoms with Crippen LogP contribution in [0.2, 0.25) is 0 Å². The van der Waals surface area contributed by atoms with E-state index in [1.54, 1.807) is 0 Å². The molecule has 0 atom stereocenters. The number of nitrogens with zero attached hydrogens (tertiary/aromatic N) is 1. The number of alkyl halides is 2. The average molecular weight is 174 g/mol. The minimum atomic E-state index is -2.70. The average Bonchev–Trinajstić information content (AvgIpc) is 2.03. The molecule has 0 saturated carbocycles. The van der Waals surface area contributed by atoms with Crippen molar-refractivity contribution in [2.75, 3.05) is 5.73 Å². The second kappa shape index (κ2) is 3.44. The van der Waals surface area contributed by atoms with Crippen molar-refractivity contribution in [3.05, 3.63) is 23.5 Å². The molecule has 0 aliphatic rings. The predicted octanol–water partition coefficient (Wildman–Crippen LogP) is 1.09. The van der Waals surface area contributed by atoms with Crippen LogP contribution in [0.25, 0.3) is 0 Å². The van der Waals surface area contributed by atoms with Crippen LogP contribution in [0.15, 0.2) is 12.3 Å². The van der Waals surface area contributed by atoms with Gasteiger partial charge in [0.1, 0.15) is 5.69 Å². The second-order valence-corrected chi connectivity index (χ2v) is 2.22. The molecule has 1 rings (SSSR count). The van der Waals surface area contributed by atoms with Crippen molar-refractivity contribution in [1.29, 1.82) is 0 Å². The highest BCUT2D eigenvalue weighted by Gasteiger charge is 2.15. The van der Waals surface area contributed by atoms with Gasteiger partial charge in [0.2, 0.25) is 0 Å². The van der Waals surface area contributed by atoms with Crippen LogP contribution in [0.1, 0.15) is 17.7 Å². The molecule has 5 heteroatoms. The van der Waals surface area contributed by atoms with Crippen molar-refractivity contribution in [3.8, 4) is 0 Å². The summed E-state index contributed by atoms with van der Waals surface area (Å²) < 4.78 is 24.3. The maximum absolute atomic E-state index is 12.2. The molecule has 1 aromatic rings. The molecule has 0 aliphatic carbocycles. The molecular weight excluding hydrogens is 166 g/mol. The predicted molar refractivity (Wildman–Crippen MR) is 39.5 cm³/mol. The van der Waals surface area contributed by atoms with Crippen molar-refractivity contribution in [3.63, 3.8) is 0 Å². The number of anilines is 1. The molecule has 0 saturated heterocycles. The molecule has 66 valence electrons. The van der Waals surface area contributed by atoms with Gasteiger partial charge in [0, 0.05) is 17.4 Å². The first-order valence-corrected chi connectivity index (χ1v) is 3.29. The van der Waals surface area contributed by atoms with Gasteiger partial charge in [-0.2, -0.15) is 0 Å². The van der Waals surface area contributed by atoms with Crippen molar-refractivity contribution < 1.29 is 13.9 Å². The summed E-state index contributed by atoms with van der Waals surface area (Å²) in [6, 6.07) is 1.37. The van der Waals surface area contributed by atoms with E-state index < -0.39 is 18.7 Å². The molecule has 1 aromatic heterocycles. The van der Waals surface area contributed by atoms with E-state index in [-0.39, 0.29) is 11.3 Å². The van der Waals surface area contributed by atoms with Crippen LogP contribution in [0.5, 0.6) is 0 Å². The van der Waals surface area contributed by atoms with Crippen LogP contribution in [-0.4, -0.2) is 10.1 Å². The van der Waals surface area contributed by atoms with E-state index in [4.69, 9.17) is 10.8 Å². The highest BCUT2D eigenvalue weighted by atomic mass is 19.3. The SMILES string of the molecule is Nc1ccnc(C(F)F)c1CO. The van der Waals surface area contributed by atoms with Gasteiger partial charge in [0.15, 0.2) is 0 Å². The van der Waals surface area contributed by atoms with E-state index in [1.807, 2.05) is 0 Å². The molecule has 0 amide bonds. The van der Waals surface area contributed by atoms with Crippen LogP contribution in [0.3, 0.4) is 0 Å². The molecular formula is C7H8F2N2O. The summed E-state index contributed by atoms with van der Waals surface area (Å²) >= 11 is 0. The van der Waals surface area contributed by atoms with Crippen molar-refractivity contribution in [2.45, 2.75) is 13.0 Å². The number of hydrogen-bond acceptors (Lipinski definition) is 3. The molecule has 0 aromatic carbocycles. The lowest BCUT2D eigenvalue weighted by Gasteiger charge is -2.06. The van der Waals surface area contributed by atoms with Crippen LogP contribution in [0, 0.1) is 0 Å². The van der Waals surface area contributed by atoms with Gasteiger partial charge in [-0.25, -0.2) is 8.78 Å². The van der Waals surface area contributed by atoms with Crippen LogP contribution >= 0.6 is 0 Å². The lowest BCUT2D eigenvalue weighted by molar-refractivity contribution is 0.141. The lowest BCUT2D eigenvalue weighted by atomic mass is 10.2. The van der Waals surface area contributed by atoms with Gasteiger partial charge in [0.25, 0.3) is 6.43 Å². The van der Waals surface area contributed by atoms with Crippen LogP contribution in [-0.2, 0) is 6.61 Å². The number of pyridine rings is 1. The fourth-order valence-corrected chi connectivity index (χ4v) is 0.885. The Balaban J connectivity index is 3.18. The number of aromatic nitrogens is 1. The molecule has 1 heterocycles. The van der Waals surface area contributed by atoms with Gasteiger partial charge in [-0.15, -0.1) is 0 Å². The molecule has 0 fully saturated rings. The zero-order valence-electron chi connectivity index (χ0n) is 6.17. The Bertz CT molecular complexity index is 278. The Morgan fingerprint density at radius 1 is 1.58 bits per heavy atom. The smallest absolute Gasteiger partial charge is 0.280 e. The van der Waals surface area contributed by atoms with E-state index in [0.29, 0.717) is 0 Å². The normalized spacial score (nSPS) is 10.7. The Morgan fingerprint density at radius 2 is 2.25 bits per heavy atom. The maximum Gasteiger partial charge on any atom is 0.280 e. The minimum Gasteiger partial charge on any atom is -0.398 e. The third kappa shape index (κ3) is 1.50. The summed E-state index contributed by atoms with van der Waals surface area (Å²) in [6.07, 6.45) is -1.51. The summed E-state index contributed by atoms with van der Waals surface area (Å²) in [4.78, 5) is 3.42. The third-order valence-electron chi connectivity index (χ3n) is 1.49. The zero-order chi connectivity index (χ0) is 9.14. The number of hydrogen-bond donors (Lipinski definition) is 2. The number of nitrogens with two attached hydrogens (primary N) is 1. The quantitative estimate of drug-likeness (QED) is 0.705. The second-order valence-electron chi connectivity index (χ2n) is 2.22. The number of halogens is 2. The van der Waals surface area contributed by atoms with Gasteiger partial charge >= 0.3 is 0 Å². The van der Waals surface area contributed by atoms with E-state index in [1.165, 1.54) is 12.3 Å². The van der Waals surface area contributed by atoms with Crippen LogP contribution in [0.4, 0.5) is 14.5 Å². The van der Waals surface area contributed by atoms with Crippen molar-refractivity contribution in [1.82, 2.24) is 4.98 Å². The summed E-state index contributed by atoms with van der Waals surface area (Å²) in [5, 5.41) is 8.69. The first-order valence-electron chi connectivity index (χ1n) is 3.29. The van der Waals surface area contributed by atoms with E-state index >= 15 is 0 Å². The molecule has 0 spiro atoms. The summed E-state index contributed by atoms with van der Waals surface area (Å²) in [5.74, 6) is 0. The summed E-state index contributed by atoms with van der Waals surface area (Å²) in [7, 11) is 0. The Hall–Kier alpha value is -1.23. The van der Waals surface area contributed by atoms with Crippen molar-refractivity contribution in [2.24, 2.45) is 0 Å².